The van der Waals surface area contributed by atoms with Crippen LogP contribution in [-0.4, -0.2) is 29.0 Å². The average Bonchev–Trinajstić information content (AvgIpc) is 2.45. The number of carbonyl (C=O) groups excluding carboxylic acids is 1. The van der Waals surface area contributed by atoms with Gasteiger partial charge in [0.05, 0.1) is 16.1 Å². The predicted molar refractivity (Wildman–Crippen MR) is 78.2 cm³/mol. The van der Waals surface area contributed by atoms with Crippen LogP contribution < -0.4 is 5.32 Å². The molecule has 7 nitrogen and oxygen atoms in total. The fourth-order valence-corrected chi connectivity index (χ4v) is 1.90. The molecule has 1 aromatic carbocycles. The molecule has 1 aromatic heterocycles. The van der Waals surface area contributed by atoms with Gasteiger partial charge >= 0.3 is 0 Å². The molecule has 0 spiro atoms. The summed E-state index contributed by atoms with van der Waals surface area (Å²) < 4.78 is 4.95. The number of fused-ring (bicyclic) bond motifs is 1. The van der Waals surface area contributed by atoms with Gasteiger partial charge in [-0.25, -0.2) is 0 Å². The van der Waals surface area contributed by atoms with Crippen molar-refractivity contribution in [2.75, 3.05) is 12.4 Å². The van der Waals surface area contributed by atoms with Crippen LogP contribution in [0.4, 0.5) is 11.4 Å². The number of rotatable bonds is 4. The van der Waals surface area contributed by atoms with Crippen molar-refractivity contribution in [3.63, 3.8) is 0 Å². The summed E-state index contributed by atoms with van der Waals surface area (Å²) in [6.45, 7) is 3.41. The average molecular weight is 289 g/mol. The molecule has 1 N–H and O–H groups in total. The first-order chi connectivity index (χ1) is 9.92. The Balaban J connectivity index is 2.52. The maximum Gasteiger partial charge on any atom is 0.270 e. The molecular weight excluding hydrogens is 274 g/mol. The van der Waals surface area contributed by atoms with Crippen LogP contribution in [0, 0.1) is 17.0 Å². The first kappa shape index (κ1) is 14.9. The molecule has 2 aromatic rings. The van der Waals surface area contributed by atoms with Crippen LogP contribution in [0.5, 0.6) is 0 Å². The van der Waals surface area contributed by atoms with Gasteiger partial charge in [0.25, 0.3) is 11.6 Å². The molecule has 1 amide bonds. The Morgan fingerprint density at radius 3 is 2.76 bits per heavy atom. The highest BCUT2D eigenvalue weighted by Crippen LogP contribution is 2.27. The number of amides is 1. The summed E-state index contributed by atoms with van der Waals surface area (Å²) in [5, 5.41) is 14.1. The minimum Gasteiger partial charge on any atom is -0.372 e. The number of nitro benzene ring substituents is 1. The summed E-state index contributed by atoms with van der Waals surface area (Å²) >= 11 is 0. The van der Waals surface area contributed by atoms with Crippen LogP contribution in [0.3, 0.4) is 0 Å². The molecule has 7 heteroatoms. The van der Waals surface area contributed by atoms with Gasteiger partial charge in [-0.3, -0.25) is 19.9 Å². The zero-order valence-electron chi connectivity index (χ0n) is 11.9. The smallest absolute Gasteiger partial charge is 0.270 e. The van der Waals surface area contributed by atoms with E-state index in [0.29, 0.717) is 22.3 Å². The minimum atomic E-state index is -0.618. The largest absolute Gasteiger partial charge is 0.372 e. The van der Waals surface area contributed by atoms with Crippen LogP contribution in [-0.2, 0) is 9.53 Å². The normalized spacial score (nSPS) is 12.1. The third kappa shape index (κ3) is 3.14. The molecule has 1 heterocycles. The monoisotopic (exact) mass is 289 g/mol. The molecule has 0 unspecified atom stereocenters. The van der Waals surface area contributed by atoms with Crippen LogP contribution in [0.15, 0.2) is 24.3 Å². The van der Waals surface area contributed by atoms with E-state index in [1.165, 1.54) is 19.2 Å². The number of carbonyl (C=O) groups is 1. The van der Waals surface area contributed by atoms with E-state index < -0.39 is 11.0 Å². The van der Waals surface area contributed by atoms with E-state index in [4.69, 9.17) is 4.74 Å². The summed E-state index contributed by atoms with van der Waals surface area (Å²) in [7, 11) is 1.44. The number of nitrogens with one attached hydrogen (secondary N) is 1. The molecular formula is C14H15N3O4. The Kier molecular flexibility index (Phi) is 4.13. The highest BCUT2D eigenvalue weighted by Gasteiger charge is 2.15. The summed E-state index contributed by atoms with van der Waals surface area (Å²) in [6, 6.07) is 6.02. The summed E-state index contributed by atoms with van der Waals surface area (Å²) in [6.07, 6.45) is -0.618. The van der Waals surface area contributed by atoms with Gasteiger partial charge in [-0.2, -0.15) is 0 Å². The number of pyridine rings is 1. The number of nitro groups is 1. The van der Waals surface area contributed by atoms with Gasteiger partial charge < -0.3 is 10.1 Å². The number of aryl methyl sites for hydroxylation is 1. The Morgan fingerprint density at radius 2 is 2.14 bits per heavy atom. The number of non-ortho nitro benzene ring substituents is 1. The Morgan fingerprint density at radius 1 is 1.43 bits per heavy atom. The topological polar surface area (TPSA) is 94.4 Å². The first-order valence-corrected chi connectivity index (χ1v) is 6.32. The fourth-order valence-electron chi connectivity index (χ4n) is 1.90. The molecule has 0 aliphatic heterocycles. The van der Waals surface area contributed by atoms with Gasteiger partial charge in [0.15, 0.2) is 0 Å². The summed E-state index contributed by atoms with van der Waals surface area (Å²) in [4.78, 5) is 26.6. The summed E-state index contributed by atoms with van der Waals surface area (Å²) in [5.41, 5.74) is 1.72. The molecule has 0 aliphatic rings. The molecule has 0 saturated heterocycles. The molecule has 0 bridgehead atoms. The van der Waals surface area contributed by atoms with Crippen LogP contribution in [0.25, 0.3) is 10.9 Å². The number of anilines is 1. The molecule has 0 saturated carbocycles. The lowest BCUT2D eigenvalue weighted by Crippen LogP contribution is -2.26. The van der Waals surface area contributed by atoms with Crippen molar-refractivity contribution in [2.45, 2.75) is 20.0 Å². The standard InChI is InChI=1S/C14H15N3O4/c1-8-6-13(16-14(18)9(2)21-3)11-7-10(17(19)20)4-5-12(11)15-8/h4-7,9H,1-3H3,(H,15,16,18)/t9-/m0/s1. The van der Waals surface area contributed by atoms with E-state index in [0.717, 1.165) is 0 Å². The van der Waals surface area contributed by atoms with E-state index in [-0.39, 0.29) is 11.6 Å². The maximum absolute atomic E-state index is 11.9. The highest BCUT2D eigenvalue weighted by atomic mass is 16.6. The second-order valence-corrected chi connectivity index (χ2v) is 4.64. The van der Waals surface area contributed by atoms with Crippen molar-refractivity contribution in [1.82, 2.24) is 4.98 Å². The van der Waals surface area contributed by atoms with E-state index in [1.807, 2.05) is 0 Å². The Labute approximate surface area is 121 Å². The second-order valence-electron chi connectivity index (χ2n) is 4.64. The van der Waals surface area contributed by atoms with Gasteiger partial charge in [-0.05, 0) is 26.0 Å². The number of hydrogen-bond donors (Lipinski definition) is 1. The molecule has 0 radical (unpaired) electrons. The second kappa shape index (κ2) is 5.84. The quantitative estimate of drug-likeness (QED) is 0.689. The lowest BCUT2D eigenvalue weighted by atomic mass is 10.1. The zero-order chi connectivity index (χ0) is 15.6. The minimum absolute atomic E-state index is 0.0524. The van der Waals surface area contributed by atoms with E-state index in [2.05, 4.69) is 10.3 Å². The predicted octanol–water partition coefficient (Wildman–Crippen LogP) is 2.42. The van der Waals surface area contributed by atoms with E-state index in [1.54, 1.807) is 26.0 Å². The van der Waals surface area contributed by atoms with Crippen molar-refractivity contribution < 1.29 is 14.5 Å². The molecule has 110 valence electrons. The van der Waals surface area contributed by atoms with E-state index >= 15 is 0 Å². The zero-order valence-corrected chi connectivity index (χ0v) is 11.9. The number of hydrogen-bond acceptors (Lipinski definition) is 5. The van der Waals surface area contributed by atoms with Crippen molar-refractivity contribution in [1.29, 1.82) is 0 Å². The van der Waals surface area contributed by atoms with Crippen molar-refractivity contribution >= 4 is 28.2 Å². The number of ether oxygens (including phenoxy) is 1. The van der Waals surface area contributed by atoms with Crippen molar-refractivity contribution in [3.8, 4) is 0 Å². The van der Waals surface area contributed by atoms with Gasteiger partial charge in [0, 0.05) is 30.3 Å². The first-order valence-electron chi connectivity index (χ1n) is 6.32. The van der Waals surface area contributed by atoms with Gasteiger partial charge in [0.1, 0.15) is 6.10 Å². The molecule has 0 aliphatic carbocycles. The van der Waals surface area contributed by atoms with Crippen molar-refractivity contribution in [3.05, 3.63) is 40.1 Å². The van der Waals surface area contributed by atoms with Crippen LogP contribution >= 0.6 is 0 Å². The van der Waals surface area contributed by atoms with Gasteiger partial charge in [-0.1, -0.05) is 0 Å². The van der Waals surface area contributed by atoms with E-state index in [9.17, 15) is 14.9 Å². The van der Waals surface area contributed by atoms with Crippen molar-refractivity contribution in [2.24, 2.45) is 0 Å². The summed E-state index contributed by atoms with van der Waals surface area (Å²) in [5.74, 6) is -0.323. The number of benzene rings is 1. The Bertz CT molecular complexity index is 715. The fraction of sp³-hybridized carbons (Fsp3) is 0.286. The van der Waals surface area contributed by atoms with Gasteiger partial charge in [0.2, 0.25) is 0 Å². The maximum atomic E-state index is 11.9. The molecule has 0 fully saturated rings. The van der Waals surface area contributed by atoms with Crippen LogP contribution in [0.1, 0.15) is 12.6 Å². The number of nitrogens with zero attached hydrogens (tertiary/aromatic N) is 2. The SMILES string of the molecule is CO[C@@H](C)C(=O)Nc1cc(C)nc2ccc([N+](=O)[O-])cc12. The lowest BCUT2D eigenvalue weighted by Gasteiger charge is -2.13. The number of methoxy groups -OCH3 is 1. The third-order valence-corrected chi connectivity index (χ3v) is 3.11. The third-order valence-electron chi connectivity index (χ3n) is 3.11. The Hall–Kier alpha value is -2.54. The molecule has 2 rings (SSSR count). The lowest BCUT2D eigenvalue weighted by molar-refractivity contribution is -0.384. The number of aromatic nitrogens is 1. The molecule has 21 heavy (non-hydrogen) atoms. The molecule has 1 atom stereocenters. The van der Waals surface area contributed by atoms with Gasteiger partial charge in [-0.15, -0.1) is 0 Å². The van der Waals surface area contributed by atoms with Crippen LogP contribution in [0.2, 0.25) is 0 Å². The highest BCUT2D eigenvalue weighted by molar-refractivity contribution is 6.03.